The third kappa shape index (κ3) is 3.09. The fraction of sp³-hybridized carbons (Fsp3) is 0.118. The average molecular weight is 350 g/mol. The van der Waals surface area contributed by atoms with Gasteiger partial charge in [-0.2, -0.15) is 5.10 Å². The van der Waals surface area contributed by atoms with Gasteiger partial charge in [0, 0.05) is 5.56 Å². The van der Waals surface area contributed by atoms with Crippen molar-refractivity contribution >= 4 is 11.6 Å². The van der Waals surface area contributed by atoms with Gasteiger partial charge in [0.25, 0.3) is 5.91 Å². The van der Waals surface area contributed by atoms with Crippen molar-refractivity contribution in [2.45, 2.75) is 6.92 Å². The Kier molecular flexibility index (Phi) is 4.02. The van der Waals surface area contributed by atoms with Crippen LogP contribution in [0.15, 0.2) is 53.9 Å². The van der Waals surface area contributed by atoms with Crippen molar-refractivity contribution < 1.29 is 14.3 Å². The second-order valence-corrected chi connectivity index (χ2v) is 5.51. The molecule has 2 aromatic carbocycles. The van der Waals surface area contributed by atoms with Gasteiger partial charge in [-0.05, 0) is 53.2 Å². The van der Waals surface area contributed by atoms with Gasteiger partial charge in [-0.15, -0.1) is 5.10 Å². The average Bonchev–Trinajstić information content (AvgIpc) is 3.36. The molecule has 9 heteroatoms. The molecule has 0 spiro atoms. The van der Waals surface area contributed by atoms with Gasteiger partial charge in [-0.1, -0.05) is 12.1 Å². The molecule has 1 aromatic heterocycles. The summed E-state index contributed by atoms with van der Waals surface area (Å²) < 4.78 is 12.1. The van der Waals surface area contributed by atoms with E-state index in [-0.39, 0.29) is 12.7 Å². The van der Waals surface area contributed by atoms with E-state index in [0.29, 0.717) is 22.8 Å². The van der Waals surface area contributed by atoms with Crippen molar-refractivity contribution in [3.05, 3.63) is 59.9 Å². The number of benzene rings is 2. The van der Waals surface area contributed by atoms with E-state index in [9.17, 15) is 4.79 Å². The number of tetrazole rings is 1. The molecular weight excluding hydrogens is 336 g/mol. The maximum atomic E-state index is 12.3. The van der Waals surface area contributed by atoms with Crippen LogP contribution in [-0.4, -0.2) is 38.6 Å². The molecule has 3 aromatic rings. The number of amides is 1. The number of nitrogens with one attached hydrogen (secondary N) is 1. The van der Waals surface area contributed by atoms with Crippen molar-refractivity contribution in [3.8, 4) is 17.2 Å². The van der Waals surface area contributed by atoms with Crippen LogP contribution in [0.2, 0.25) is 0 Å². The minimum Gasteiger partial charge on any atom is -0.454 e. The lowest BCUT2D eigenvalue weighted by Crippen LogP contribution is -2.19. The van der Waals surface area contributed by atoms with E-state index in [1.165, 1.54) is 6.33 Å². The van der Waals surface area contributed by atoms with Crippen molar-refractivity contribution in [2.24, 2.45) is 5.10 Å². The standard InChI is InChI=1S/C17H14N6O3/c1-11(12-3-2-4-14(7-12)23-9-18-21-22-23)19-20-17(24)13-5-6-15-16(8-13)26-10-25-15/h2-9H,10H2,1H3,(H,20,24)/b19-11+. The second kappa shape index (κ2) is 6.63. The number of aromatic nitrogens is 4. The third-order valence-electron chi connectivity index (χ3n) is 3.84. The van der Waals surface area contributed by atoms with Crippen LogP contribution in [0.25, 0.3) is 5.69 Å². The molecule has 4 rings (SSSR count). The largest absolute Gasteiger partial charge is 0.454 e. The van der Waals surface area contributed by atoms with E-state index in [2.05, 4.69) is 26.1 Å². The highest BCUT2D eigenvalue weighted by Gasteiger charge is 2.16. The molecule has 2 heterocycles. The summed E-state index contributed by atoms with van der Waals surface area (Å²) in [4.78, 5) is 12.3. The molecule has 1 N–H and O–H groups in total. The topological polar surface area (TPSA) is 104 Å². The Labute approximate surface area is 148 Å². The van der Waals surface area contributed by atoms with Crippen LogP contribution in [0, 0.1) is 0 Å². The quantitative estimate of drug-likeness (QED) is 0.565. The maximum absolute atomic E-state index is 12.3. The summed E-state index contributed by atoms with van der Waals surface area (Å²) >= 11 is 0. The number of hydrazone groups is 1. The monoisotopic (exact) mass is 350 g/mol. The van der Waals surface area contributed by atoms with Gasteiger partial charge >= 0.3 is 0 Å². The fourth-order valence-corrected chi connectivity index (χ4v) is 2.45. The summed E-state index contributed by atoms with van der Waals surface area (Å²) in [5, 5.41) is 15.3. The zero-order chi connectivity index (χ0) is 17.9. The normalized spacial score (nSPS) is 12.9. The summed E-state index contributed by atoms with van der Waals surface area (Å²) in [7, 11) is 0. The van der Waals surface area contributed by atoms with Gasteiger partial charge in [-0.3, -0.25) is 4.79 Å². The molecule has 26 heavy (non-hydrogen) atoms. The number of carbonyl (C=O) groups is 1. The van der Waals surface area contributed by atoms with Crippen LogP contribution in [-0.2, 0) is 0 Å². The number of carbonyl (C=O) groups excluding carboxylic acids is 1. The van der Waals surface area contributed by atoms with Crippen LogP contribution in [0.5, 0.6) is 11.5 Å². The summed E-state index contributed by atoms with van der Waals surface area (Å²) in [5.74, 6) is 0.840. The van der Waals surface area contributed by atoms with Crippen LogP contribution >= 0.6 is 0 Å². The number of ether oxygens (including phenoxy) is 2. The Bertz CT molecular complexity index is 984. The number of fused-ring (bicyclic) bond motifs is 1. The lowest BCUT2D eigenvalue weighted by atomic mass is 10.1. The maximum Gasteiger partial charge on any atom is 0.271 e. The zero-order valence-corrected chi connectivity index (χ0v) is 13.8. The molecular formula is C17H14N6O3. The lowest BCUT2D eigenvalue weighted by Gasteiger charge is -2.06. The van der Waals surface area contributed by atoms with Crippen molar-refractivity contribution in [1.29, 1.82) is 0 Å². The summed E-state index contributed by atoms with van der Waals surface area (Å²) in [5.41, 5.74) is 5.27. The molecule has 0 aliphatic carbocycles. The van der Waals surface area contributed by atoms with E-state index < -0.39 is 0 Å². The molecule has 0 unspecified atom stereocenters. The first-order valence-corrected chi connectivity index (χ1v) is 7.79. The molecule has 0 saturated carbocycles. The highest BCUT2D eigenvalue weighted by Crippen LogP contribution is 2.32. The van der Waals surface area contributed by atoms with Gasteiger partial charge in [0.1, 0.15) is 6.33 Å². The van der Waals surface area contributed by atoms with Gasteiger partial charge in [0.05, 0.1) is 11.4 Å². The van der Waals surface area contributed by atoms with Gasteiger partial charge in [0.2, 0.25) is 6.79 Å². The predicted octanol–water partition coefficient (Wildman–Crippen LogP) is 1.54. The summed E-state index contributed by atoms with van der Waals surface area (Å²) in [6, 6.07) is 12.5. The van der Waals surface area contributed by atoms with E-state index in [1.807, 2.05) is 24.3 Å². The molecule has 0 bridgehead atoms. The predicted molar refractivity (Wildman–Crippen MR) is 91.4 cm³/mol. The molecule has 1 aliphatic heterocycles. The highest BCUT2D eigenvalue weighted by atomic mass is 16.7. The van der Waals surface area contributed by atoms with E-state index >= 15 is 0 Å². The molecule has 0 fully saturated rings. The summed E-state index contributed by atoms with van der Waals surface area (Å²) in [6.45, 7) is 1.97. The number of rotatable bonds is 4. The zero-order valence-electron chi connectivity index (χ0n) is 13.8. The Morgan fingerprint density at radius 1 is 1.15 bits per heavy atom. The molecule has 0 radical (unpaired) electrons. The van der Waals surface area contributed by atoms with E-state index in [4.69, 9.17) is 9.47 Å². The van der Waals surface area contributed by atoms with Crippen LogP contribution in [0.4, 0.5) is 0 Å². The second-order valence-electron chi connectivity index (χ2n) is 5.51. The first-order chi connectivity index (χ1) is 12.7. The SMILES string of the molecule is C/C(=N\NC(=O)c1ccc2c(c1)OCO2)c1cccc(-n2cnnn2)c1. The lowest BCUT2D eigenvalue weighted by molar-refractivity contribution is 0.0954. The van der Waals surface area contributed by atoms with Crippen molar-refractivity contribution in [1.82, 2.24) is 25.6 Å². The van der Waals surface area contributed by atoms with Crippen LogP contribution in [0.1, 0.15) is 22.8 Å². The number of hydrogen-bond donors (Lipinski definition) is 1. The van der Waals surface area contributed by atoms with E-state index in [0.717, 1.165) is 11.3 Å². The highest BCUT2D eigenvalue weighted by molar-refractivity contribution is 6.01. The minimum absolute atomic E-state index is 0.162. The molecule has 1 aliphatic rings. The van der Waals surface area contributed by atoms with Gasteiger partial charge in [-0.25, -0.2) is 10.1 Å². The van der Waals surface area contributed by atoms with Crippen LogP contribution in [0.3, 0.4) is 0 Å². The first kappa shape index (κ1) is 15.8. The molecule has 0 saturated heterocycles. The Morgan fingerprint density at radius 2 is 2.04 bits per heavy atom. The molecule has 0 atom stereocenters. The van der Waals surface area contributed by atoms with E-state index in [1.54, 1.807) is 29.8 Å². The fourth-order valence-electron chi connectivity index (χ4n) is 2.45. The Balaban J connectivity index is 1.50. The van der Waals surface area contributed by atoms with Crippen LogP contribution < -0.4 is 14.9 Å². The van der Waals surface area contributed by atoms with Gasteiger partial charge < -0.3 is 9.47 Å². The smallest absolute Gasteiger partial charge is 0.271 e. The minimum atomic E-state index is -0.334. The Hall–Kier alpha value is -3.75. The summed E-state index contributed by atoms with van der Waals surface area (Å²) in [6.07, 6.45) is 1.51. The van der Waals surface area contributed by atoms with Crippen molar-refractivity contribution in [3.63, 3.8) is 0 Å². The third-order valence-corrected chi connectivity index (χ3v) is 3.84. The molecule has 130 valence electrons. The Morgan fingerprint density at radius 3 is 2.88 bits per heavy atom. The first-order valence-electron chi connectivity index (χ1n) is 7.79. The van der Waals surface area contributed by atoms with Gasteiger partial charge in [0.15, 0.2) is 11.5 Å². The molecule has 9 nitrogen and oxygen atoms in total. The molecule has 1 amide bonds. The number of nitrogens with zero attached hydrogens (tertiary/aromatic N) is 5. The van der Waals surface area contributed by atoms with Crippen molar-refractivity contribution in [2.75, 3.05) is 6.79 Å². The number of hydrogen-bond acceptors (Lipinski definition) is 7.